The minimum Gasteiger partial charge on any atom is -0.467 e. The van der Waals surface area contributed by atoms with Gasteiger partial charge in [0.1, 0.15) is 5.76 Å². The molecule has 1 aromatic heterocycles. The Morgan fingerprint density at radius 2 is 2.22 bits per heavy atom. The van der Waals surface area contributed by atoms with Crippen LogP contribution in [0.25, 0.3) is 0 Å². The van der Waals surface area contributed by atoms with Gasteiger partial charge in [-0.25, -0.2) is 0 Å². The van der Waals surface area contributed by atoms with E-state index in [0.29, 0.717) is 26.1 Å². The van der Waals surface area contributed by atoms with Crippen LogP contribution >= 0.6 is 0 Å². The SMILES string of the molecule is CC(=O)N(CCC(=O)NCCC1=CCCCC1)Cc1ccco1. The largest absolute Gasteiger partial charge is 0.467 e. The molecule has 0 spiro atoms. The van der Waals surface area contributed by atoms with Crippen molar-refractivity contribution >= 4 is 11.8 Å². The van der Waals surface area contributed by atoms with Gasteiger partial charge in [0, 0.05) is 26.4 Å². The minimum atomic E-state index is -0.0541. The van der Waals surface area contributed by atoms with Crippen molar-refractivity contribution in [1.29, 1.82) is 0 Å². The average molecular weight is 318 g/mol. The molecule has 5 heteroatoms. The van der Waals surface area contributed by atoms with Gasteiger partial charge in [-0.3, -0.25) is 9.59 Å². The molecule has 0 radical (unpaired) electrons. The zero-order valence-electron chi connectivity index (χ0n) is 13.8. The molecule has 5 nitrogen and oxygen atoms in total. The topological polar surface area (TPSA) is 62.6 Å². The second-order valence-electron chi connectivity index (χ2n) is 5.98. The summed E-state index contributed by atoms with van der Waals surface area (Å²) in [6, 6.07) is 3.62. The summed E-state index contributed by atoms with van der Waals surface area (Å²) in [5.74, 6) is 0.665. The van der Waals surface area contributed by atoms with Crippen molar-refractivity contribution in [3.05, 3.63) is 35.8 Å². The highest BCUT2D eigenvalue weighted by molar-refractivity contribution is 5.78. The Labute approximate surface area is 137 Å². The molecule has 0 aromatic carbocycles. The maximum absolute atomic E-state index is 11.9. The standard InChI is InChI=1S/C18H26N2O3/c1-15(21)20(14-17-8-5-13-23-17)12-10-18(22)19-11-9-16-6-3-2-4-7-16/h5-6,8,13H,2-4,7,9-12,14H2,1H3,(H,19,22). The first-order valence-electron chi connectivity index (χ1n) is 8.37. The van der Waals surface area contributed by atoms with E-state index in [1.54, 1.807) is 17.2 Å². The van der Waals surface area contributed by atoms with E-state index in [0.717, 1.165) is 18.6 Å². The van der Waals surface area contributed by atoms with E-state index in [2.05, 4.69) is 11.4 Å². The number of hydrogen-bond donors (Lipinski definition) is 1. The monoisotopic (exact) mass is 318 g/mol. The second-order valence-corrected chi connectivity index (χ2v) is 5.98. The highest BCUT2D eigenvalue weighted by Gasteiger charge is 2.13. The van der Waals surface area contributed by atoms with Crippen molar-refractivity contribution < 1.29 is 14.0 Å². The van der Waals surface area contributed by atoms with E-state index in [4.69, 9.17) is 4.42 Å². The number of carbonyl (C=O) groups excluding carboxylic acids is 2. The second kappa shape index (κ2) is 9.18. The van der Waals surface area contributed by atoms with Gasteiger partial charge in [0.25, 0.3) is 0 Å². The first-order valence-corrected chi connectivity index (χ1v) is 8.37. The first-order chi connectivity index (χ1) is 11.1. The van der Waals surface area contributed by atoms with E-state index in [9.17, 15) is 9.59 Å². The zero-order valence-corrected chi connectivity index (χ0v) is 13.8. The fraction of sp³-hybridized carbons (Fsp3) is 0.556. The highest BCUT2D eigenvalue weighted by atomic mass is 16.3. The number of nitrogens with zero attached hydrogens (tertiary/aromatic N) is 1. The van der Waals surface area contributed by atoms with E-state index in [1.165, 1.54) is 31.8 Å². The number of hydrogen-bond acceptors (Lipinski definition) is 3. The van der Waals surface area contributed by atoms with Gasteiger partial charge in [0.2, 0.25) is 11.8 Å². The van der Waals surface area contributed by atoms with Gasteiger partial charge in [0.05, 0.1) is 12.8 Å². The van der Waals surface area contributed by atoms with Gasteiger partial charge < -0.3 is 14.6 Å². The Bertz CT molecular complexity index is 534. The van der Waals surface area contributed by atoms with Gasteiger partial charge >= 0.3 is 0 Å². The van der Waals surface area contributed by atoms with Crippen molar-refractivity contribution in [2.24, 2.45) is 0 Å². The lowest BCUT2D eigenvalue weighted by Crippen LogP contribution is -2.33. The van der Waals surface area contributed by atoms with Crippen molar-refractivity contribution in [2.45, 2.75) is 52.0 Å². The fourth-order valence-electron chi connectivity index (χ4n) is 2.76. The molecule has 2 rings (SSSR count). The third-order valence-corrected chi connectivity index (χ3v) is 4.13. The predicted molar refractivity (Wildman–Crippen MR) is 88.6 cm³/mol. The molecule has 1 aliphatic rings. The normalized spacial score (nSPS) is 14.2. The third-order valence-electron chi connectivity index (χ3n) is 4.13. The van der Waals surface area contributed by atoms with Crippen LogP contribution < -0.4 is 5.32 Å². The van der Waals surface area contributed by atoms with Crippen LogP contribution in [0.1, 0.15) is 51.2 Å². The summed E-state index contributed by atoms with van der Waals surface area (Å²) in [5, 5.41) is 2.94. The van der Waals surface area contributed by atoms with Crippen LogP contribution in [0.5, 0.6) is 0 Å². The van der Waals surface area contributed by atoms with Crippen LogP contribution in [0.2, 0.25) is 0 Å². The van der Waals surface area contributed by atoms with Gasteiger partial charge in [-0.1, -0.05) is 11.6 Å². The van der Waals surface area contributed by atoms with Gasteiger partial charge in [0.15, 0.2) is 0 Å². The number of furan rings is 1. The molecule has 0 saturated carbocycles. The molecule has 1 N–H and O–H groups in total. The Morgan fingerprint density at radius 3 is 2.87 bits per heavy atom. The molecule has 0 atom stereocenters. The van der Waals surface area contributed by atoms with Crippen LogP contribution in [0.15, 0.2) is 34.5 Å². The lowest BCUT2D eigenvalue weighted by atomic mass is 9.97. The Hall–Kier alpha value is -2.04. The minimum absolute atomic E-state index is 0.00731. The number of rotatable bonds is 8. The molecule has 0 unspecified atom stereocenters. The van der Waals surface area contributed by atoms with E-state index >= 15 is 0 Å². The van der Waals surface area contributed by atoms with Gasteiger partial charge in [-0.15, -0.1) is 0 Å². The lowest BCUT2D eigenvalue weighted by molar-refractivity contribution is -0.130. The van der Waals surface area contributed by atoms with E-state index in [1.807, 2.05) is 6.07 Å². The van der Waals surface area contributed by atoms with Gasteiger partial charge in [-0.2, -0.15) is 0 Å². The Morgan fingerprint density at radius 1 is 1.35 bits per heavy atom. The summed E-state index contributed by atoms with van der Waals surface area (Å²) < 4.78 is 5.25. The summed E-state index contributed by atoms with van der Waals surface area (Å²) in [7, 11) is 0. The highest BCUT2D eigenvalue weighted by Crippen LogP contribution is 2.19. The smallest absolute Gasteiger partial charge is 0.221 e. The maximum atomic E-state index is 11.9. The van der Waals surface area contributed by atoms with E-state index in [-0.39, 0.29) is 11.8 Å². The molecule has 1 aromatic rings. The van der Waals surface area contributed by atoms with Crippen molar-refractivity contribution in [3.8, 4) is 0 Å². The quantitative estimate of drug-likeness (QED) is 0.749. The van der Waals surface area contributed by atoms with Crippen LogP contribution in [0, 0.1) is 0 Å². The molecule has 1 aliphatic carbocycles. The molecule has 23 heavy (non-hydrogen) atoms. The summed E-state index contributed by atoms with van der Waals surface area (Å²) in [4.78, 5) is 25.2. The molecule has 0 fully saturated rings. The summed E-state index contributed by atoms with van der Waals surface area (Å²) in [5.41, 5.74) is 1.46. The molecule has 126 valence electrons. The lowest BCUT2D eigenvalue weighted by Gasteiger charge is -2.19. The van der Waals surface area contributed by atoms with Crippen molar-refractivity contribution in [3.63, 3.8) is 0 Å². The number of amides is 2. The maximum Gasteiger partial charge on any atom is 0.221 e. The van der Waals surface area contributed by atoms with E-state index < -0.39 is 0 Å². The van der Waals surface area contributed by atoms with Crippen LogP contribution in [-0.2, 0) is 16.1 Å². The third kappa shape index (κ3) is 6.30. The molecule has 1 heterocycles. The summed E-state index contributed by atoms with van der Waals surface area (Å²) >= 11 is 0. The van der Waals surface area contributed by atoms with Crippen LogP contribution in [-0.4, -0.2) is 29.8 Å². The molecule has 2 amide bonds. The number of carbonyl (C=O) groups is 2. The first kappa shape index (κ1) is 17.3. The number of allylic oxidation sites excluding steroid dienone is 1. The van der Waals surface area contributed by atoms with Crippen molar-refractivity contribution in [2.75, 3.05) is 13.1 Å². The number of nitrogens with one attached hydrogen (secondary N) is 1. The van der Waals surface area contributed by atoms with Crippen molar-refractivity contribution in [1.82, 2.24) is 10.2 Å². The van der Waals surface area contributed by atoms with Gasteiger partial charge in [-0.05, 0) is 44.2 Å². The molecule has 0 aliphatic heterocycles. The Kier molecular flexibility index (Phi) is 6.91. The van der Waals surface area contributed by atoms with Crippen LogP contribution in [0.3, 0.4) is 0 Å². The zero-order chi connectivity index (χ0) is 16.5. The fourth-order valence-corrected chi connectivity index (χ4v) is 2.76. The summed E-state index contributed by atoms with van der Waals surface area (Å²) in [6.45, 7) is 3.01. The molecular weight excluding hydrogens is 292 g/mol. The molecular formula is C18H26N2O3. The average Bonchev–Trinajstić information content (AvgIpc) is 3.05. The Balaban J connectivity index is 1.67. The molecule has 0 saturated heterocycles. The van der Waals surface area contributed by atoms with Crippen LogP contribution in [0.4, 0.5) is 0 Å². The summed E-state index contributed by atoms with van der Waals surface area (Å²) in [6.07, 6.45) is 10.0. The molecule has 0 bridgehead atoms. The predicted octanol–water partition coefficient (Wildman–Crippen LogP) is 3.02.